The van der Waals surface area contributed by atoms with E-state index in [2.05, 4.69) is 19.2 Å². The highest BCUT2D eigenvalue weighted by molar-refractivity contribution is 5.78. The third-order valence-electron chi connectivity index (χ3n) is 2.24. The number of carboxylic acids is 1. The van der Waals surface area contributed by atoms with Gasteiger partial charge < -0.3 is 19.9 Å². The Hall–Kier alpha value is -0.650. The second-order valence-corrected chi connectivity index (χ2v) is 4.41. The Morgan fingerprint density at radius 3 is 2.38 bits per heavy atom. The summed E-state index contributed by atoms with van der Waals surface area (Å²) in [6.07, 6.45) is 0. The minimum Gasteiger partial charge on any atom is -0.480 e. The quantitative estimate of drug-likeness (QED) is 0.575. The van der Waals surface area contributed by atoms with Crippen LogP contribution in [0.25, 0.3) is 0 Å². The summed E-state index contributed by atoms with van der Waals surface area (Å²) >= 11 is 0. The lowest BCUT2D eigenvalue weighted by Crippen LogP contribution is -2.51. The van der Waals surface area contributed by atoms with Gasteiger partial charge in [-0.1, -0.05) is 13.8 Å². The predicted molar refractivity (Wildman–Crippen MR) is 61.6 cm³/mol. The van der Waals surface area contributed by atoms with E-state index < -0.39 is 11.5 Å². The molecule has 1 atom stereocenters. The van der Waals surface area contributed by atoms with E-state index >= 15 is 0 Å². The van der Waals surface area contributed by atoms with Crippen LogP contribution in [0.5, 0.6) is 0 Å². The number of hydrogen-bond donors (Lipinski definition) is 2. The Bertz CT molecular complexity index is 208. The normalized spacial score (nSPS) is 15.1. The van der Waals surface area contributed by atoms with E-state index in [1.54, 1.807) is 14.0 Å². The smallest absolute Gasteiger partial charge is 0.326 e. The van der Waals surface area contributed by atoms with Gasteiger partial charge in [-0.05, 0) is 19.9 Å². The fourth-order valence-corrected chi connectivity index (χ4v) is 0.954. The van der Waals surface area contributed by atoms with Crippen molar-refractivity contribution in [1.29, 1.82) is 0 Å². The molecule has 0 spiro atoms. The Labute approximate surface area is 97.1 Å². The van der Waals surface area contributed by atoms with Crippen molar-refractivity contribution >= 4 is 5.97 Å². The van der Waals surface area contributed by atoms with Gasteiger partial charge in [-0.2, -0.15) is 0 Å². The molecule has 0 aliphatic heterocycles. The van der Waals surface area contributed by atoms with Crippen LogP contribution in [0.2, 0.25) is 0 Å². The average Bonchev–Trinajstić information content (AvgIpc) is 2.22. The zero-order valence-electron chi connectivity index (χ0n) is 10.6. The highest BCUT2D eigenvalue weighted by Crippen LogP contribution is 2.03. The van der Waals surface area contributed by atoms with Crippen LogP contribution in [-0.2, 0) is 14.3 Å². The van der Waals surface area contributed by atoms with Crippen molar-refractivity contribution in [2.75, 3.05) is 33.5 Å². The fraction of sp³-hybridized carbons (Fsp3) is 0.909. The van der Waals surface area contributed by atoms with Crippen LogP contribution in [0.4, 0.5) is 0 Å². The SMILES string of the molecule is CNC(C)(COCCOCC(C)C)C(=O)O. The number of nitrogens with one attached hydrogen (secondary N) is 1. The van der Waals surface area contributed by atoms with E-state index in [0.717, 1.165) is 0 Å². The van der Waals surface area contributed by atoms with E-state index in [1.807, 2.05) is 0 Å². The minimum atomic E-state index is -1.03. The molecule has 0 heterocycles. The first-order valence-electron chi connectivity index (χ1n) is 5.50. The second-order valence-electron chi connectivity index (χ2n) is 4.41. The monoisotopic (exact) mass is 233 g/mol. The maximum atomic E-state index is 10.9. The number of aliphatic carboxylic acids is 1. The standard InChI is InChI=1S/C11H23NO4/c1-9(2)7-15-5-6-16-8-11(3,12-4)10(13)14/h9,12H,5-8H2,1-4H3,(H,13,14). The second kappa shape index (κ2) is 7.60. The van der Waals surface area contributed by atoms with Gasteiger partial charge in [0.05, 0.1) is 19.8 Å². The van der Waals surface area contributed by atoms with E-state index in [0.29, 0.717) is 25.7 Å². The van der Waals surface area contributed by atoms with Crippen molar-refractivity contribution in [2.45, 2.75) is 26.3 Å². The number of likely N-dealkylation sites (N-methyl/N-ethyl adjacent to an activating group) is 1. The van der Waals surface area contributed by atoms with Gasteiger partial charge >= 0.3 is 5.97 Å². The summed E-state index contributed by atoms with van der Waals surface area (Å²) in [6, 6.07) is 0. The first-order valence-corrected chi connectivity index (χ1v) is 5.50. The summed E-state index contributed by atoms with van der Waals surface area (Å²) in [6.45, 7) is 7.47. The predicted octanol–water partition coefficient (Wildman–Crippen LogP) is 0.738. The number of carboxylic acid groups (broad SMARTS) is 1. The molecule has 5 heteroatoms. The van der Waals surface area contributed by atoms with Crippen molar-refractivity contribution in [3.63, 3.8) is 0 Å². The van der Waals surface area contributed by atoms with E-state index in [9.17, 15) is 4.79 Å². The largest absolute Gasteiger partial charge is 0.480 e. The molecular formula is C11H23NO4. The molecule has 96 valence electrons. The zero-order chi connectivity index (χ0) is 12.6. The Morgan fingerprint density at radius 1 is 1.38 bits per heavy atom. The molecule has 0 aliphatic carbocycles. The number of hydrogen-bond acceptors (Lipinski definition) is 4. The summed E-state index contributed by atoms with van der Waals surface area (Å²) in [7, 11) is 1.60. The van der Waals surface area contributed by atoms with E-state index in [-0.39, 0.29) is 6.61 Å². The summed E-state index contributed by atoms with van der Waals surface area (Å²) in [5.41, 5.74) is -1.03. The van der Waals surface area contributed by atoms with Crippen molar-refractivity contribution in [3.05, 3.63) is 0 Å². The van der Waals surface area contributed by atoms with Crippen LogP contribution in [0, 0.1) is 5.92 Å². The van der Waals surface area contributed by atoms with Gasteiger partial charge in [-0.25, -0.2) is 0 Å². The summed E-state index contributed by atoms with van der Waals surface area (Å²) in [5.74, 6) is -0.417. The third-order valence-corrected chi connectivity index (χ3v) is 2.24. The van der Waals surface area contributed by atoms with Gasteiger partial charge in [-0.3, -0.25) is 4.79 Å². The lowest BCUT2D eigenvalue weighted by atomic mass is 10.1. The molecule has 1 unspecified atom stereocenters. The van der Waals surface area contributed by atoms with Gasteiger partial charge in [-0.15, -0.1) is 0 Å². The molecule has 0 aromatic heterocycles. The molecular weight excluding hydrogens is 210 g/mol. The maximum absolute atomic E-state index is 10.9. The molecule has 0 radical (unpaired) electrons. The topological polar surface area (TPSA) is 67.8 Å². The summed E-state index contributed by atoms with van der Waals surface area (Å²) < 4.78 is 10.6. The number of ether oxygens (including phenoxy) is 2. The van der Waals surface area contributed by atoms with Crippen molar-refractivity contribution in [2.24, 2.45) is 5.92 Å². The molecule has 0 aromatic rings. The Kier molecular flexibility index (Phi) is 7.29. The van der Waals surface area contributed by atoms with Gasteiger partial charge in [0.25, 0.3) is 0 Å². The van der Waals surface area contributed by atoms with E-state index in [4.69, 9.17) is 14.6 Å². The van der Waals surface area contributed by atoms with Crippen LogP contribution in [0.1, 0.15) is 20.8 Å². The lowest BCUT2D eigenvalue weighted by Gasteiger charge is -2.23. The van der Waals surface area contributed by atoms with Gasteiger partial charge in [0.2, 0.25) is 0 Å². The molecule has 0 aliphatic rings. The van der Waals surface area contributed by atoms with Gasteiger partial charge in [0.15, 0.2) is 0 Å². The highest BCUT2D eigenvalue weighted by atomic mass is 16.5. The molecule has 0 fully saturated rings. The molecule has 2 N–H and O–H groups in total. The number of carbonyl (C=O) groups is 1. The van der Waals surface area contributed by atoms with Crippen LogP contribution < -0.4 is 5.32 Å². The van der Waals surface area contributed by atoms with Gasteiger partial charge in [0.1, 0.15) is 5.54 Å². The summed E-state index contributed by atoms with van der Waals surface area (Å²) in [5, 5.41) is 11.7. The molecule has 0 amide bonds. The maximum Gasteiger partial charge on any atom is 0.326 e. The Balaban J connectivity index is 3.61. The third kappa shape index (κ3) is 6.05. The van der Waals surface area contributed by atoms with E-state index in [1.165, 1.54) is 0 Å². The van der Waals surface area contributed by atoms with Crippen LogP contribution in [0.15, 0.2) is 0 Å². The minimum absolute atomic E-state index is 0.129. The molecule has 0 saturated carbocycles. The highest BCUT2D eigenvalue weighted by Gasteiger charge is 2.31. The molecule has 16 heavy (non-hydrogen) atoms. The van der Waals surface area contributed by atoms with Gasteiger partial charge in [0, 0.05) is 6.61 Å². The Morgan fingerprint density at radius 2 is 1.94 bits per heavy atom. The molecule has 0 bridgehead atoms. The molecule has 5 nitrogen and oxygen atoms in total. The van der Waals surface area contributed by atoms with Crippen LogP contribution >= 0.6 is 0 Å². The van der Waals surface area contributed by atoms with Crippen molar-refractivity contribution in [3.8, 4) is 0 Å². The van der Waals surface area contributed by atoms with Crippen molar-refractivity contribution < 1.29 is 19.4 Å². The average molecular weight is 233 g/mol. The van der Waals surface area contributed by atoms with Crippen LogP contribution in [0.3, 0.4) is 0 Å². The molecule has 0 saturated heterocycles. The fourth-order valence-electron chi connectivity index (χ4n) is 0.954. The molecule has 0 aromatic carbocycles. The lowest BCUT2D eigenvalue weighted by molar-refractivity contribution is -0.146. The number of rotatable bonds is 9. The molecule has 0 rings (SSSR count). The first kappa shape index (κ1) is 15.3. The van der Waals surface area contributed by atoms with Crippen molar-refractivity contribution in [1.82, 2.24) is 5.32 Å². The van der Waals surface area contributed by atoms with Crippen LogP contribution in [-0.4, -0.2) is 50.1 Å². The zero-order valence-corrected chi connectivity index (χ0v) is 10.6. The summed E-state index contributed by atoms with van der Waals surface area (Å²) in [4.78, 5) is 10.9. The first-order chi connectivity index (χ1) is 7.42.